The van der Waals surface area contributed by atoms with Gasteiger partial charge in [-0.1, -0.05) is 0 Å². The van der Waals surface area contributed by atoms with Crippen LogP contribution in [0, 0.1) is 0 Å². The van der Waals surface area contributed by atoms with E-state index in [4.69, 9.17) is 4.74 Å². The first kappa shape index (κ1) is 14.7. The highest BCUT2D eigenvalue weighted by molar-refractivity contribution is 5.93. The maximum atomic E-state index is 11.9. The molecule has 2 rings (SSSR count). The first-order valence-corrected chi connectivity index (χ1v) is 6.90. The second kappa shape index (κ2) is 6.67. The lowest BCUT2D eigenvalue weighted by molar-refractivity contribution is -0.0672. The summed E-state index contributed by atoms with van der Waals surface area (Å²) in [4.78, 5) is 28.1. The standard InChI is InChI=1S/C14H21N3O3/c1-10-8-17(9-11(2)20-10)7-6-16-14(19)12-4-3-5-15-13(12)18/h3-5,10-11H,6-9H2,1-2H3,(H,15,18)(H,16,19)/t10-,11+. The molecular weight excluding hydrogens is 258 g/mol. The van der Waals surface area contributed by atoms with E-state index in [-0.39, 0.29) is 29.2 Å². The van der Waals surface area contributed by atoms with E-state index in [0.717, 1.165) is 19.6 Å². The van der Waals surface area contributed by atoms with Crippen LogP contribution < -0.4 is 10.9 Å². The molecule has 1 saturated heterocycles. The molecule has 0 radical (unpaired) electrons. The summed E-state index contributed by atoms with van der Waals surface area (Å²) < 4.78 is 5.65. The van der Waals surface area contributed by atoms with Crippen molar-refractivity contribution in [2.75, 3.05) is 26.2 Å². The lowest BCUT2D eigenvalue weighted by Crippen LogP contribution is -2.48. The molecule has 1 aromatic heterocycles. The van der Waals surface area contributed by atoms with Gasteiger partial charge in [-0.25, -0.2) is 0 Å². The lowest BCUT2D eigenvalue weighted by atomic mass is 10.2. The van der Waals surface area contributed by atoms with Crippen LogP contribution >= 0.6 is 0 Å². The van der Waals surface area contributed by atoms with E-state index in [1.807, 2.05) is 13.8 Å². The Balaban J connectivity index is 1.80. The minimum atomic E-state index is -0.362. The van der Waals surface area contributed by atoms with Gasteiger partial charge in [0.05, 0.1) is 12.2 Å². The third-order valence-electron chi connectivity index (χ3n) is 3.27. The third kappa shape index (κ3) is 3.91. The molecule has 0 unspecified atom stereocenters. The number of amides is 1. The van der Waals surface area contributed by atoms with Crippen molar-refractivity contribution >= 4 is 5.91 Å². The van der Waals surface area contributed by atoms with Crippen LogP contribution in [0.1, 0.15) is 24.2 Å². The number of carbonyl (C=O) groups excluding carboxylic acids is 1. The van der Waals surface area contributed by atoms with Gasteiger partial charge in [0.25, 0.3) is 11.5 Å². The molecule has 2 N–H and O–H groups in total. The van der Waals surface area contributed by atoms with Crippen LogP contribution in [0.25, 0.3) is 0 Å². The first-order valence-electron chi connectivity index (χ1n) is 6.90. The number of H-pyrrole nitrogens is 1. The van der Waals surface area contributed by atoms with Crippen molar-refractivity contribution < 1.29 is 9.53 Å². The van der Waals surface area contributed by atoms with Crippen molar-refractivity contribution in [3.63, 3.8) is 0 Å². The fourth-order valence-electron chi connectivity index (χ4n) is 2.49. The highest BCUT2D eigenvalue weighted by Gasteiger charge is 2.21. The molecule has 1 aliphatic rings. The van der Waals surface area contributed by atoms with Crippen molar-refractivity contribution in [3.8, 4) is 0 Å². The molecule has 1 aliphatic heterocycles. The Morgan fingerprint density at radius 2 is 2.15 bits per heavy atom. The van der Waals surface area contributed by atoms with Crippen LogP contribution in [0.15, 0.2) is 23.1 Å². The number of hydrogen-bond donors (Lipinski definition) is 2. The number of pyridine rings is 1. The Kier molecular flexibility index (Phi) is 4.92. The summed E-state index contributed by atoms with van der Waals surface area (Å²) in [6.45, 7) is 7.11. The van der Waals surface area contributed by atoms with Crippen molar-refractivity contribution in [3.05, 3.63) is 34.2 Å². The number of hydrogen-bond acceptors (Lipinski definition) is 4. The molecule has 0 aliphatic carbocycles. The largest absolute Gasteiger partial charge is 0.373 e. The predicted molar refractivity (Wildman–Crippen MR) is 75.8 cm³/mol. The zero-order valence-electron chi connectivity index (χ0n) is 11.9. The molecule has 1 amide bonds. The summed E-state index contributed by atoms with van der Waals surface area (Å²) >= 11 is 0. The summed E-state index contributed by atoms with van der Waals surface area (Å²) in [7, 11) is 0. The molecule has 0 saturated carbocycles. The second-order valence-corrected chi connectivity index (χ2v) is 5.19. The first-order chi connectivity index (χ1) is 9.56. The highest BCUT2D eigenvalue weighted by atomic mass is 16.5. The van der Waals surface area contributed by atoms with Gasteiger partial charge in [-0.2, -0.15) is 0 Å². The molecular formula is C14H21N3O3. The monoisotopic (exact) mass is 279 g/mol. The van der Waals surface area contributed by atoms with Crippen molar-refractivity contribution in [2.24, 2.45) is 0 Å². The number of rotatable bonds is 4. The van der Waals surface area contributed by atoms with Crippen LogP contribution in [-0.4, -0.2) is 54.2 Å². The number of nitrogens with zero attached hydrogens (tertiary/aromatic N) is 1. The Hall–Kier alpha value is -1.66. The fraction of sp³-hybridized carbons (Fsp3) is 0.571. The van der Waals surface area contributed by atoms with Crippen LogP contribution in [0.2, 0.25) is 0 Å². The van der Waals surface area contributed by atoms with Gasteiger partial charge >= 0.3 is 0 Å². The topological polar surface area (TPSA) is 74.4 Å². The Morgan fingerprint density at radius 1 is 1.45 bits per heavy atom. The number of aromatic nitrogens is 1. The Labute approximate surface area is 118 Å². The van der Waals surface area contributed by atoms with Gasteiger partial charge < -0.3 is 15.0 Å². The second-order valence-electron chi connectivity index (χ2n) is 5.19. The zero-order valence-corrected chi connectivity index (χ0v) is 11.9. The van der Waals surface area contributed by atoms with E-state index in [0.29, 0.717) is 6.54 Å². The molecule has 6 nitrogen and oxygen atoms in total. The summed E-state index contributed by atoms with van der Waals surface area (Å²) in [5, 5.41) is 2.78. The van der Waals surface area contributed by atoms with E-state index >= 15 is 0 Å². The normalized spacial score (nSPS) is 23.5. The van der Waals surface area contributed by atoms with Gasteiger partial charge in [-0.05, 0) is 26.0 Å². The number of morpholine rings is 1. The van der Waals surface area contributed by atoms with E-state index in [1.165, 1.54) is 12.3 Å². The summed E-state index contributed by atoms with van der Waals surface area (Å²) in [6.07, 6.45) is 1.94. The molecule has 2 atom stereocenters. The maximum Gasteiger partial charge on any atom is 0.260 e. The van der Waals surface area contributed by atoms with Gasteiger partial charge in [0, 0.05) is 32.4 Å². The number of carbonyl (C=O) groups is 1. The van der Waals surface area contributed by atoms with Crippen LogP contribution in [0.4, 0.5) is 0 Å². The number of ether oxygens (including phenoxy) is 1. The third-order valence-corrected chi connectivity index (χ3v) is 3.27. The zero-order chi connectivity index (χ0) is 14.5. The average molecular weight is 279 g/mol. The predicted octanol–water partition coefficient (Wildman–Crippen LogP) is 0.214. The molecule has 0 spiro atoms. The lowest BCUT2D eigenvalue weighted by Gasteiger charge is -2.35. The van der Waals surface area contributed by atoms with Gasteiger partial charge in [-0.3, -0.25) is 14.5 Å². The molecule has 1 fully saturated rings. The van der Waals surface area contributed by atoms with Gasteiger partial charge in [0.15, 0.2) is 0 Å². The van der Waals surface area contributed by atoms with E-state index < -0.39 is 0 Å². The van der Waals surface area contributed by atoms with E-state index in [1.54, 1.807) is 6.07 Å². The number of nitrogens with one attached hydrogen (secondary N) is 2. The Morgan fingerprint density at radius 3 is 2.80 bits per heavy atom. The SMILES string of the molecule is C[C@@H]1CN(CCNC(=O)c2ccc[nH]c2=O)C[C@H](C)O1. The van der Waals surface area contributed by atoms with Crippen molar-refractivity contribution in [2.45, 2.75) is 26.1 Å². The van der Waals surface area contributed by atoms with Crippen molar-refractivity contribution in [1.29, 1.82) is 0 Å². The van der Waals surface area contributed by atoms with Crippen LogP contribution in [-0.2, 0) is 4.74 Å². The molecule has 0 aromatic carbocycles. The van der Waals surface area contributed by atoms with Gasteiger partial charge in [0.1, 0.15) is 5.56 Å². The molecule has 2 heterocycles. The number of aromatic amines is 1. The molecule has 20 heavy (non-hydrogen) atoms. The Bertz CT molecular complexity index is 504. The quantitative estimate of drug-likeness (QED) is 0.826. The van der Waals surface area contributed by atoms with E-state index in [9.17, 15) is 9.59 Å². The molecule has 110 valence electrons. The maximum absolute atomic E-state index is 11.9. The summed E-state index contributed by atoms with van der Waals surface area (Å²) in [5.74, 6) is -0.332. The smallest absolute Gasteiger partial charge is 0.260 e. The van der Waals surface area contributed by atoms with Crippen LogP contribution in [0.3, 0.4) is 0 Å². The average Bonchev–Trinajstić information content (AvgIpc) is 2.38. The fourth-order valence-corrected chi connectivity index (χ4v) is 2.49. The summed E-state index contributed by atoms with van der Waals surface area (Å²) in [6, 6.07) is 3.16. The van der Waals surface area contributed by atoms with Crippen molar-refractivity contribution in [1.82, 2.24) is 15.2 Å². The molecule has 0 bridgehead atoms. The van der Waals surface area contributed by atoms with Crippen LogP contribution in [0.5, 0.6) is 0 Å². The minimum Gasteiger partial charge on any atom is -0.373 e. The minimum absolute atomic E-state index is 0.149. The van der Waals surface area contributed by atoms with E-state index in [2.05, 4.69) is 15.2 Å². The molecule has 1 aromatic rings. The van der Waals surface area contributed by atoms with Gasteiger partial charge in [0.2, 0.25) is 0 Å². The van der Waals surface area contributed by atoms with Gasteiger partial charge in [-0.15, -0.1) is 0 Å². The molecule has 6 heteroatoms. The summed E-state index contributed by atoms with van der Waals surface area (Å²) in [5.41, 5.74) is -0.213. The highest BCUT2D eigenvalue weighted by Crippen LogP contribution is 2.09.